The van der Waals surface area contributed by atoms with Gasteiger partial charge in [-0.05, 0) is 37.5 Å². The van der Waals surface area contributed by atoms with Crippen molar-refractivity contribution < 1.29 is 19.5 Å². The Hall–Kier alpha value is -2.37. The topological polar surface area (TPSA) is 77.9 Å². The number of hydrogen-bond donors (Lipinski definition) is 1. The van der Waals surface area contributed by atoms with Crippen molar-refractivity contribution in [1.29, 1.82) is 0 Å². The number of anilines is 1. The van der Waals surface area contributed by atoms with Crippen LogP contribution in [0.1, 0.15) is 36.0 Å². The Kier molecular flexibility index (Phi) is 3.83. The number of hydrogen-bond acceptors (Lipinski definition) is 3. The first kappa shape index (κ1) is 14.6. The first-order valence-corrected chi connectivity index (χ1v) is 7.52. The third-order valence-corrected chi connectivity index (χ3v) is 4.28. The van der Waals surface area contributed by atoms with Gasteiger partial charge in [-0.15, -0.1) is 0 Å². The van der Waals surface area contributed by atoms with Gasteiger partial charge in [0.05, 0.1) is 0 Å². The third-order valence-electron chi connectivity index (χ3n) is 4.28. The van der Waals surface area contributed by atoms with Crippen molar-refractivity contribution in [2.75, 3.05) is 18.0 Å². The van der Waals surface area contributed by atoms with Gasteiger partial charge in [-0.25, -0.2) is 4.79 Å². The number of nitrogens with zero attached hydrogens (tertiary/aromatic N) is 2. The summed E-state index contributed by atoms with van der Waals surface area (Å²) in [5.41, 5.74) is 1.14. The number of carbonyl (C=O) groups excluding carboxylic acids is 2. The molecule has 2 fully saturated rings. The second-order valence-electron chi connectivity index (χ2n) is 5.69. The molecule has 2 aliphatic rings. The van der Waals surface area contributed by atoms with Gasteiger partial charge in [0.15, 0.2) is 0 Å². The van der Waals surface area contributed by atoms with Crippen LogP contribution < -0.4 is 4.90 Å². The fourth-order valence-electron chi connectivity index (χ4n) is 3.16. The molecule has 0 saturated carbocycles. The second kappa shape index (κ2) is 5.79. The minimum absolute atomic E-state index is 0.0641. The molecule has 1 N–H and O–H groups in total. The third kappa shape index (κ3) is 2.56. The lowest BCUT2D eigenvalue weighted by Crippen LogP contribution is -2.40. The normalized spacial score (nSPS) is 21.5. The highest BCUT2D eigenvalue weighted by Gasteiger charge is 2.34. The number of carboxylic acids is 1. The van der Waals surface area contributed by atoms with E-state index in [0.717, 1.165) is 6.42 Å². The van der Waals surface area contributed by atoms with Gasteiger partial charge in [-0.1, -0.05) is 6.07 Å². The number of amides is 2. The Morgan fingerprint density at radius 1 is 1.18 bits per heavy atom. The van der Waals surface area contributed by atoms with E-state index in [9.17, 15) is 19.5 Å². The Morgan fingerprint density at radius 3 is 2.68 bits per heavy atom. The van der Waals surface area contributed by atoms with E-state index in [2.05, 4.69) is 0 Å². The quantitative estimate of drug-likeness (QED) is 0.918. The Morgan fingerprint density at radius 2 is 2.00 bits per heavy atom. The van der Waals surface area contributed by atoms with E-state index in [1.807, 2.05) is 0 Å². The maximum atomic E-state index is 12.6. The van der Waals surface area contributed by atoms with Crippen LogP contribution in [0.5, 0.6) is 0 Å². The molecule has 0 unspecified atom stereocenters. The number of likely N-dealkylation sites (tertiary alicyclic amines) is 1. The van der Waals surface area contributed by atoms with Gasteiger partial charge >= 0.3 is 5.97 Å². The lowest BCUT2D eigenvalue weighted by Gasteiger charge is -2.22. The molecule has 2 heterocycles. The smallest absolute Gasteiger partial charge is 0.326 e. The van der Waals surface area contributed by atoms with Crippen molar-refractivity contribution in [3.8, 4) is 0 Å². The monoisotopic (exact) mass is 302 g/mol. The van der Waals surface area contributed by atoms with Crippen molar-refractivity contribution in [3.05, 3.63) is 29.8 Å². The fraction of sp³-hybridized carbons (Fsp3) is 0.438. The zero-order valence-electron chi connectivity index (χ0n) is 12.2. The summed E-state index contributed by atoms with van der Waals surface area (Å²) in [6.07, 6.45) is 2.55. The molecular formula is C16H18N2O4. The summed E-state index contributed by atoms with van der Waals surface area (Å²) in [5.74, 6) is -1.18. The molecule has 22 heavy (non-hydrogen) atoms. The van der Waals surface area contributed by atoms with E-state index >= 15 is 0 Å². The van der Waals surface area contributed by atoms with Gasteiger partial charge in [-0.3, -0.25) is 9.59 Å². The summed E-state index contributed by atoms with van der Waals surface area (Å²) >= 11 is 0. The average molecular weight is 302 g/mol. The molecule has 2 amide bonds. The van der Waals surface area contributed by atoms with Crippen molar-refractivity contribution in [3.63, 3.8) is 0 Å². The van der Waals surface area contributed by atoms with E-state index in [0.29, 0.717) is 43.6 Å². The zero-order chi connectivity index (χ0) is 15.7. The predicted octanol–water partition coefficient (Wildman–Crippen LogP) is 1.50. The molecule has 0 aliphatic carbocycles. The van der Waals surface area contributed by atoms with Crippen molar-refractivity contribution in [2.24, 2.45) is 0 Å². The molecule has 0 aromatic heterocycles. The van der Waals surface area contributed by atoms with E-state index in [4.69, 9.17) is 0 Å². The SMILES string of the molecule is O=C(O)[C@@H]1CCCN1C(=O)c1cccc(N2CCCC2=O)c1. The van der Waals surface area contributed by atoms with E-state index in [1.165, 1.54) is 4.90 Å². The number of aliphatic carboxylic acids is 1. The highest BCUT2D eigenvalue weighted by atomic mass is 16.4. The molecule has 1 aromatic rings. The second-order valence-corrected chi connectivity index (χ2v) is 5.69. The number of rotatable bonds is 3. The van der Waals surface area contributed by atoms with Crippen LogP contribution in [0.15, 0.2) is 24.3 Å². The summed E-state index contributed by atoms with van der Waals surface area (Å²) in [6.45, 7) is 1.13. The zero-order valence-corrected chi connectivity index (χ0v) is 12.2. The molecular weight excluding hydrogens is 284 g/mol. The lowest BCUT2D eigenvalue weighted by atomic mass is 10.1. The van der Waals surface area contributed by atoms with Crippen LogP contribution in [-0.2, 0) is 9.59 Å². The predicted molar refractivity (Wildman–Crippen MR) is 79.7 cm³/mol. The minimum atomic E-state index is -0.961. The molecule has 6 nitrogen and oxygen atoms in total. The molecule has 1 aromatic carbocycles. The Labute approximate surface area is 128 Å². The van der Waals surface area contributed by atoms with Crippen molar-refractivity contribution in [1.82, 2.24) is 4.90 Å². The van der Waals surface area contributed by atoms with Gasteiger partial charge in [0.1, 0.15) is 6.04 Å². The van der Waals surface area contributed by atoms with E-state index < -0.39 is 12.0 Å². The first-order chi connectivity index (χ1) is 10.6. The molecule has 2 saturated heterocycles. The molecule has 116 valence electrons. The molecule has 3 rings (SSSR count). The van der Waals surface area contributed by atoms with Gasteiger partial charge < -0.3 is 14.9 Å². The van der Waals surface area contributed by atoms with Crippen LogP contribution in [0.4, 0.5) is 5.69 Å². The van der Waals surface area contributed by atoms with Crippen molar-refractivity contribution in [2.45, 2.75) is 31.7 Å². The minimum Gasteiger partial charge on any atom is -0.480 e. The Bertz CT molecular complexity index is 628. The first-order valence-electron chi connectivity index (χ1n) is 7.52. The van der Waals surface area contributed by atoms with Gasteiger partial charge in [0.2, 0.25) is 5.91 Å². The van der Waals surface area contributed by atoms with E-state index in [-0.39, 0.29) is 11.8 Å². The van der Waals surface area contributed by atoms with Crippen LogP contribution in [0.3, 0.4) is 0 Å². The lowest BCUT2D eigenvalue weighted by molar-refractivity contribution is -0.141. The van der Waals surface area contributed by atoms with Crippen LogP contribution in [0.2, 0.25) is 0 Å². The van der Waals surface area contributed by atoms with Gasteiger partial charge in [0, 0.05) is 30.8 Å². The Balaban J connectivity index is 1.84. The highest BCUT2D eigenvalue weighted by molar-refractivity contribution is 6.00. The standard InChI is InChI=1S/C16H18N2O4/c19-14-7-3-8-17(14)12-5-1-4-11(10-12)15(20)18-9-2-6-13(18)16(21)22/h1,4-5,10,13H,2-3,6-9H2,(H,21,22)/t13-/m0/s1. The summed E-state index contributed by atoms with van der Waals surface area (Å²) in [5, 5.41) is 9.19. The van der Waals surface area contributed by atoms with Crippen LogP contribution in [-0.4, -0.2) is 46.9 Å². The number of carboxylic acid groups (broad SMARTS) is 1. The van der Waals surface area contributed by atoms with E-state index in [1.54, 1.807) is 29.2 Å². The maximum absolute atomic E-state index is 12.6. The van der Waals surface area contributed by atoms with Gasteiger partial charge in [0.25, 0.3) is 5.91 Å². The number of benzene rings is 1. The van der Waals surface area contributed by atoms with Gasteiger partial charge in [-0.2, -0.15) is 0 Å². The van der Waals surface area contributed by atoms with Crippen LogP contribution in [0, 0.1) is 0 Å². The molecule has 6 heteroatoms. The molecule has 0 spiro atoms. The summed E-state index contributed by atoms with van der Waals surface area (Å²) < 4.78 is 0. The number of carbonyl (C=O) groups is 3. The maximum Gasteiger partial charge on any atom is 0.326 e. The summed E-state index contributed by atoms with van der Waals surface area (Å²) in [6, 6.07) is 6.15. The van der Waals surface area contributed by atoms with Crippen LogP contribution in [0.25, 0.3) is 0 Å². The summed E-state index contributed by atoms with van der Waals surface area (Å²) in [7, 11) is 0. The largest absolute Gasteiger partial charge is 0.480 e. The molecule has 1 atom stereocenters. The summed E-state index contributed by atoms with van der Waals surface area (Å²) in [4.78, 5) is 38.7. The molecule has 0 bridgehead atoms. The van der Waals surface area contributed by atoms with Crippen molar-refractivity contribution >= 4 is 23.5 Å². The molecule has 2 aliphatic heterocycles. The van der Waals surface area contributed by atoms with Crippen LogP contribution >= 0.6 is 0 Å². The fourth-order valence-corrected chi connectivity index (χ4v) is 3.16. The average Bonchev–Trinajstić information content (AvgIpc) is 3.15. The molecule has 0 radical (unpaired) electrons. The highest BCUT2D eigenvalue weighted by Crippen LogP contribution is 2.25.